The van der Waals surface area contributed by atoms with Gasteiger partial charge in [0.2, 0.25) is 0 Å². The zero-order valence-corrected chi connectivity index (χ0v) is 13.1. The number of hydrogen-bond donors (Lipinski definition) is 0. The molecular weight excluding hydrogens is 318 g/mol. The Morgan fingerprint density at radius 2 is 1.80 bits per heavy atom. The molecule has 0 N–H and O–H groups in total. The molecule has 7 nitrogen and oxygen atoms in total. The SMILES string of the molecule is O=[N+]([O-])c1ccc2c(c1)nc(-c1ccccn1)n2Cc1ccccn1. The topological polar surface area (TPSA) is 86.7 Å². The Kier molecular flexibility index (Phi) is 3.66. The Balaban J connectivity index is 1.92. The van der Waals surface area contributed by atoms with E-state index in [0.717, 1.165) is 11.2 Å². The van der Waals surface area contributed by atoms with Gasteiger partial charge in [0.05, 0.1) is 28.2 Å². The molecule has 0 aliphatic rings. The van der Waals surface area contributed by atoms with E-state index in [2.05, 4.69) is 15.0 Å². The maximum absolute atomic E-state index is 11.0. The Bertz CT molecular complexity index is 1050. The summed E-state index contributed by atoms with van der Waals surface area (Å²) in [6.45, 7) is 0.501. The number of hydrogen-bond acceptors (Lipinski definition) is 5. The first-order valence-electron chi connectivity index (χ1n) is 7.68. The van der Waals surface area contributed by atoms with E-state index in [1.54, 1.807) is 18.5 Å². The first-order valence-corrected chi connectivity index (χ1v) is 7.68. The Labute approximate surface area is 142 Å². The van der Waals surface area contributed by atoms with Crippen LogP contribution in [0.15, 0.2) is 67.0 Å². The summed E-state index contributed by atoms with van der Waals surface area (Å²) in [7, 11) is 0. The van der Waals surface area contributed by atoms with Crippen molar-refractivity contribution in [1.29, 1.82) is 0 Å². The number of rotatable bonds is 4. The summed E-state index contributed by atoms with van der Waals surface area (Å²) in [6, 6.07) is 16.0. The first-order chi connectivity index (χ1) is 12.2. The van der Waals surface area contributed by atoms with Crippen molar-refractivity contribution in [3.8, 4) is 11.5 Å². The van der Waals surface area contributed by atoms with Crippen LogP contribution in [0.25, 0.3) is 22.6 Å². The van der Waals surface area contributed by atoms with Crippen molar-refractivity contribution in [3.63, 3.8) is 0 Å². The monoisotopic (exact) mass is 331 g/mol. The lowest BCUT2D eigenvalue weighted by molar-refractivity contribution is -0.384. The van der Waals surface area contributed by atoms with Crippen LogP contribution in [0, 0.1) is 10.1 Å². The quantitative estimate of drug-likeness (QED) is 0.422. The molecule has 0 radical (unpaired) electrons. The number of pyridine rings is 2. The summed E-state index contributed by atoms with van der Waals surface area (Å²) in [5.41, 5.74) is 2.96. The number of aromatic nitrogens is 4. The van der Waals surface area contributed by atoms with Crippen molar-refractivity contribution in [1.82, 2.24) is 19.5 Å². The van der Waals surface area contributed by atoms with Crippen LogP contribution in [0.4, 0.5) is 5.69 Å². The fourth-order valence-electron chi connectivity index (χ4n) is 2.74. The average molecular weight is 331 g/mol. The van der Waals surface area contributed by atoms with Crippen LogP contribution in [0.2, 0.25) is 0 Å². The number of nitro groups is 1. The Morgan fingerprint density at radius 1 is 1.00 bits per heavy atom. The van der Waals surface area contributed by atoms with Gasteiger partial charge in [-0.2, -0.15) is 0 Å². The maximum Gasteiger partial charge on any atom is 0.271 e. The summed E-state index contributed by atoms with van der Waals surface area (Å²) in [5.74, 6) is 0.654. The zero-order chi connectivity index (χ0) is 17.2. The van der Waals surface area contributed by atoms with Gasteiger partial charge in [0.25, 0.3) is 5.69 Å². The second-order valence-corrected chi connectivity index (χ2v) is 5.49. The standard InChI is InChI=1S/C18H13N5O2/c24-23(25)14-7-8-17-16(11-14)21-18(15-6-2-4-10-20-15)22(17)12-13-5-1-3-9-19-13/h1-11H,12H2. The van der Waals surface area contributed by atoms with E-state index in [4.69, 9.17) is 0 Å². The molecule has 122 valence electrons. The highest BCUT2D eigenvalue weighted by molar-refractivity contribution is 5.82. The fraction of sp³-hybridized carbons (Fsp3) is 0.0556. The van der Waals surface area contributed by atoms with E-state index >= 15 is 0 Å². The van der Waals surface area contributed by atoms with Crippen molar-refractivity contribution >= 4 is 16.7 Å². The van der Waals surface area contributed by atoms with Crippen LogP contribution >= 0.6 is 0 Å². The first kappa shape index (κ1) is 14.9. The molecule has 3 heterocycles. The minimum absolute atomic E-state index is 0.0163. The van der Waals surface area contributed by atoms with E-state index in [9.17, 15) is 10.1 Å². The summed E-state index contributed by atoms with van der Waals surface area (Å²) < 4.78 is 1.98. The molecule has 0 aliphatic heterocycles. The maximum atomic E-state index is 11.0. The van der Waals surface area contributed by atoms with Gasteiger partial charge in [-0.3, -0.25) is 20.1 Å². The summed E-state index contributed by atoms with van der Waals surface area (Å²) in [6.07, 6.45) is 3.43. The summed E-state index contributed by atoms with van der Waals surface area (Å²) in [5, 5.41) is 11.0. The number of nitrogens with zero attached hydrogens (tertiary/aromatic N) is 5. The van der Waals surface area contributed by atoms with Crippen molar-refractivity contribution in [3.05, 3.63) is 82.8 Å². The minimum atomic E-state index is -0.419. The largest absolute Gasteiger partial charge is 0.317 e. The molecule has 0 amide bonds. The normalized spacial score (nSPS) is 10.9. The highest BCUT2D eigenvalue weighted by Gasteiger charge is 2.17. The van der Waals surface area contributed by atoms with Crippen LogP contribution in [0.1, 0.15) is 5.69 Å². The highest BCUT2D eigenvalue weighted by Crippen LogP contribution is 2.27. The third kappa shape index (κ3) is 2.83. The third-order valence-corrected chi connectivity index (χ3v) is 3.88. The molecule has 3 aromatic heterocycles. The molecular formula is C18H13N5O2. The zero-order valence-electron chi connectivity index (χ0n) is 13.1. The fourth-order valence-corrected chi connectivity index (χ4v) is 2.74. The van der Waals surface area contributed by atoms with Crippen LogP contribution in [-0.2, 0) is 6.54 Å². The van der Waals surface area contributed by atoms with Crippen LogP contribution in [-0.4, -0.2) is 24.4 Å². The van der Waals surface area contributed by atoms with E-state index in [1.807, 2.05) is 41.0 Å². The second-order valence-electron chi connectivity index (χ2n) is 5.49. The lowest BCUT2D eigenvalue weighted by Gasteiger charge is -2.08. The van der Waals surface area contributed by atoms with Gasteiger partial charge >= 0.3 is 0 Å². The molecule has 0 bridgehead atoms. The van der Waals surface area contributed by atoms with E-state index in [1.165, 1.54) is 12.1 Å². The molecule has 0 fully saturated rings. The van der Waals surface area contributed by atoms with Gasteiger partial charge in [-0.1, -0.05) is 12.1 Å². The average Bonchev–Trinajstić information content (AvgIpc) is 3.01. The lowest BCUT2D eigenvalue weighted by Crippen LogP contribution is -2.04. The van der Waals surface area contributed by atoms with E-state index in [-0.39, 0.29) is 5.69 Å². The minimum Gasteiger partial charge on any atom is -0.317 e. The molecule has 0 saturated heterocycles. The van der Waals surface area contributed by atoms with Crippen LogP contribution in [0.5, 0.6) is 0 Å². The number of nitro benzene ring substituents is 1. The number of non-ortho nitro benzene ring substituents is 1. The van der Waals surface area contributed by atoms with E-state index in [0.29, 0.717) is 23.6 Å². The Hall–Kier alpha value is -3.61. The number of fused-ring (bicyclic) bond motifs is 1. The predicted octanol–water partition coefficient (Wildman–Crippen LogP) is 3.45. The number of benzene rings is 1. The van der Waals surface area contributed by atoms with Gasteiger partial charge < -0.3 is 4.57 Å². The summed E-state index contributed by atoms with van der Waals surface area (Å²) >= 11 is 0. The van der Waals surface area contributed by atoms with Crippen molar-refractivity contribution < 1.29 is 4.92 Å². The second kappa shape index (κ2) is 6.12. The van der Waals surface area contributed by atoms with Gasteiger partial charge in [-0.15, -0.1) is 0 Å². The van der Waals surface area contributed by atoms with Crippen LogP contribution < -0.4 is 0 Å². The lowest BCUT2D eigenvalue weighted by atomic mass is 10.2. The van der Waals surface area contributed by atoms with Gasteiger partial charge in [-0.25, -0.2) is 4.98 Å². The molecule has 0 atom stereocenters. The van der Waals surface area contributed by atoms with Gasteiger partial charge in [0, 0.05) is 24.5 Å². The number of imidazole rings is 1. The van der Waals surface area contributed by atoms with Crippen molar-refractivity contribution in [2.75, 3.05) is 0 Å². The molecule has 4 rings (SSSR count). The van der Waals surface area contributed by atoms with Crippen molar-refractivity contribution in [2.45, 2.75) is 6.54 Å². The molecule has 25 heavy (non-hydrogen) atoms. The molecule has 0 unspecified atom stereocenters. The van der Waals surface area contributed by atoms with Crippen LogP contribution in [0.3, 0.4) is 0 Å². The van der Waals surface area contributed by atoms with Gasteiger partial charge in [0.15, 0.2) is 5.82 Å². The third-order valence-electron chi connectivity index (χ3n) is 3.88. The molecule has 0 aliphatic carbocycles. The van der Waals surface area contributed by atoms with E-state index < -0.39 is 4.92 Å². The van der Waals surface area contributed by atoms with Gasteiger partial charge in [-0.05, 0) is 30.3 Å². The summed E-state index contributed by atoms with van der Waals surface area (Å²) in [4.78, 5) is 23.9. The molecule has 1 aromatic carbocycles. The molecule has 4 aromatic rings. The smallest absolute Gasteiger partial charge is 0.271 e. The highest BCUT2D eigenvalue weighted by atomic mass is 16.6. The molecule has 7 heteroatoms. The molecule has 0 spiro atoms. The predicted molar refractivity (Wildman–Crippen MR) is 93.0 cm³/mol. The molecule has 0 saturated carbocycles. The van der Waals surface area contributed by atoms with Gasteiger partial charge in [0.1, 0.15) is 5.69 Å². The van der Waals surface area contributed by atoms with Crippen molar-refractivity contribution in [2.24, 2.45) is 0 Å². The Morgan fingerprint density at radius 3 is 2.48 bits per heavy atom.